The van der Waals surface area contributed by atoms with Crippen LogP contribution >= 0.6 is 15.9 Å². The summed E-state index contributed by atoms with van der Waals surface area (Å²) in [7, 11) is 2.08. The van der Waals surface area contributed by atoms with Crippen LogP contribution in [-0.4, -0.2) is 37.7 Å². The predicted octanol–water partition coefficient (Wildman–Crippen LogP) is 2.81. The highest BCUT2D eigenvalue weighted by Crippen LogP contribution is 2.26. The lowest BCUT2D eigenvalue weighted by Crippen LogP contribution is -2.33. The van der Waals surface area contributed by atoms with Crippen LogP contribution in [0, 0.1) is 0 Å². The molecule has 0 amide bonds. The van der Waals surface area contributed by atoms with Crippen LogP contribution in [0.3, 0.4) is 0 Å². The van der Waals surface area contributed by atoms with Gasteiger partial charge < -0.3 is 10.5 Å². The Morgan fingerprint density at radius 3 is 2.56 bits per heavy atom. The quantitative estimate of drug-likeness (QED) is 0.841. The van der Waals surface area contributed by atoms with Crippen molar-refractivity contribution in [3.05, 3.63) is 34.3 Å². The Balaban J connectivity index is 2.63. The first-order valence-electron chi connectivity index (χ1n) is 6.32. The van der Waals surface area contributed by atoms with E-state index in [1.807, 2.05) is 26.0 Å². The van der Waals surface area contributed by atoms with Crippen molar-refractivity contribution in [2.24, 2.45) is 5.73 Å². The third-order valence-electron chi connectivity index (χ3n) is 2.91. The Bertz CT molecular complexity index is 357. The van der Waals surface area contributed by atoms with E-state index in [0.717, 1.165) is 17.6 Å². The summed E-state index contributed by atoms with van der Waals surface area (Å²) in [5.41, 5.74) is 7.13. The minimum absolute atomic E-state index is 0.219. The van der Waals surface area contributed by atoms with Crippen molar-refractivity contribution >= 4 is 15.9 Å². The number of nitrogens with zero attached hydrogens (tertiary/aromatic N) is 1. The van der Waals surface area contributed by atoms with Gasteiger partial charge in [-0.3, -0.25) is 4.90 Å². The SMILES string of the molecule is CC(C)OCCN(C)C(CN)c1ccccc1Br. The van der Waals surface area contributed by atoms with Gasteiger partial charge >= 0.3 is 0 Å². The largest absolute Gasteiger partial charge is 0.377 e. The third kappa shape index (κ3) is 4.69. The molecule has 0 fully saturated rings. The molecule has 0 saturated carbocycles. The summed E-state index contributed by atoms with van der Waals surface area (Å²) in [5, 5.41) is 0. The van der Waals surface area contributed by atoms with Crippen molar-refractivity contribution in [2.45, 2.75) is 26.0 Å². The van der Waals surface area contributed by atoms with E-state index in [2.05, 4.69) is 40.0 Å². The minimum Gasteiger partial charge on any atom is -0.377 e. The second-order valence-electron chi connectivity index (χ2n) is 4.67. The van der Waals surface area contributed by atoms with Crippen LogP contribution in [0.15, 0.2) is 28.7 Å². The molecule has 3 nitrogen and oxygen atoms in total. The molecule has 18 heavy (non-hydrogen) atoms. The topological polar surface area (TPSA) is 38.5 Å². The van der Waals surface area contributed by atoms with Crippen LogP contribution in [0.1, 0.15) is 25.5 Å². The van der Waals surface area contributed by atoms with Crippen molar-refractivity contribution in [3.63, 3.8) is 0 Å². The van der Waals surface area contributed by atoms with Gasteiger partial charge in [0.25, 0.3) is 0 Å². The molecule has 1 aromatic rings. The molecule has 1 rings (SSSR count). The average molecular weight is 315 g/mol. The molecule has 1 unspecified atom stereocenters. The predicted molar refractivity (Wildman–Crippen MR) is 79.7 cm³/mol. The highest BCUT2D eigenvalue weighted by Gasteiger charge is 2.17. The smallest absolute Gasteiger partial charge is 0.0597 e. The molecule has 102 valence electrons. The van der Waals surface area contributed by atoms with Crippen LogP contribution in [0.25, 0.3) is 0 Å². The van der Waals surface area contributed by atoms with E-state index in [1.165, 1.54) is 5.56 Å². The zero-order valence-electron chi connectivity index (χ0n) is 11.4. The molecule has 0 bridgehead atoms. The number of halogens is 1. The third-order valence-corrected chi connectivity index (χ3v) is 3.64. The van der Waals surface area contributed by atoms with Crippen molar-refractivity contribution in [3.8, 4) is 0 Å². The molecule has 1 atom stereocenters. The van der Waals surface area contributed by atoms with Crippen LogP contribution in [0.2, 0.25) is 0 Å². The number of nitrogens with two attached hydrogens (primary N) is 1. The summed E-state index contributed by atoms with van der Waals surface area (Å²) >= 11 is 3.58. The Kier molecular flexibility index (Phi) is 6.86. The molecule has 0 radical (unpaired) electrons. The van der Waals surface area contributed by atoms with Gasteiger partial charge in [-0.15, -0.1) is 0 Å². The second kappa shape index (κ2) is 7.89. The zero-order chi connectivity index (χ0) is 13.5. The number of likely N-dealkylation sites (N-methyl/N-ethyl adjacent to an activating group) is 1. The molecule has 0 saturated heterocycles. The van der Waals surface area contributed by atoms with E-state index >= 15 is 0 Å². The van der Waals surface area contributed by atoms with Gasteiger partial charge in [-0.05, 0) is 32.5 Å². The Hall–Kier alpha value is -0.420. The molecule has 0 heterocycles. The van der Waals surface area contributed by atoms with Crippen LogP contribution in [-0.2, 0) is 4.74 Å². The van der Waals surface area contributed by atoms with Crippen molar-refractivity contribution < 1.29 is 4.74 Å². The maximum absolute atomic E-state index is 5.90. The fourth-order valence-corrected chi connectivity index (χ4v) is 2.43. The van der Waals surface area contributed by atoms with Gasteiger partial charge in [0, 0.05) is 23.6 Å². The molecule has 0 spiro atoms. The molecule has 4 heteroatoms. The number of hydrogen-bond acceptors (Lipinski definition) is 3. The summed E-state index contributed by atoms with van der Waals surface area (Å²) in [4.78, 5) is 2.24. The maximum atomic E-state index is 5.90. The van der Waals surface area contributed by atoms with Crippen molar-refractivity contribution in [1.82, 2.24) is 4.90 Å². The lowest BCUT2D eigenvalue weighted by atomic mass is 10.1. The molecule has 2 N–H and O–H groups in total. The molecule has 0 aliphatic rings. The van der Waals surface area contributed by atoms with Gasteiger partial charge in [-0.25, -0.2) is 0 Å². The van der Waals surface area contributed by atoms with Gasteiger partial charge in [0.2, 0.25) is 0 Å². The van der Waals surface area contributed by atoms with E-state index in [-0.39, 0.29) is 12.1 Å². The average Bonchev–Trinajstić information content (AvgIpc) is 2.32. The van der Waals surface area contributed by atoms with Gasteiger partial charge in [-0.2, -0.15) is 0 Å². The van der Waals surface area contributed by atoms with E-state index in [0.29, 0.717) is 6.54 Å². The number of rotatable bonds is 7. The van der Waals surface area contributed by atoms with Crippen LogP contribution in [0.5, 0.6) is 0 Å². The summed E-state index contributed by atoms with van der Waals surface area (Å²) in [6, 6.07) is 8.44. The normalized spacial score (nSPS) is 13.3. The van der Waals surface area contributed by atoms with Gasteiger partial charge in [-0.1, -0.05) is 34.1 Å². The highest BCUT2D eigenvalue weighted by atomic mass is 79.9. The standard InChI is InChI=1S/C14H23BrN2O/c1-11(2)18-9-8-17(3)14(10-16)12-6-4-5-7-13(12)15/h4-7,11,14H,8-10,16H2,1-3H3. The first-order chi connectivity index (χ1) is 8.56. The summed E-state index contributed by atoms with van der Waals surface area (Å²) in [6.45, 7) is 6.31. The number of benzene rings is 1. The Morgan fingerprint density at radius 1 is 1.33 bits per heavy atom. The number of ether oxygens (including phenoxy) is 1. The second-order valence-corrected chi connectivity index (χ2v) is 5.53. The fraction of sp³-hybridized carbons (Fsp3) is 0.571. The first-order valence-corrected chi connectivity index (χ1v) is 7.12. The van der Waals surface area contributed by atoms with E-state index in [4.69, 9.17) is 10.5 Å². The van der Waals surface area contributed by atoms with Gasteiger partial charge in [0.1, 0.15) is 0 Å². The van der Waals surface area contributed by atoms with E-state index in [9.17, 15) is 0 Å². The number of hydrogen-bond donors (Lipinski definition) is 1. The fourth-order valence-electron chi connectivity index (χ4n) is 1.88. The van der Waals surface area contributed by atoms with E-state index < -0.39 is 0 Å². The van der Waals surface area contributed by atoms with E-state index in [1.54, 1.807) is 0 Å². The Morgan fingerprint density at radius 2 is 2.00 bits per heavy atom. The summed E-state index contributed by atoms with van der Waals surface area (Å²) in [5.74, 6) is 0. The zero-order valence-corrected chi connectivity index (χ0v) is 13.0. The van der Waals surface area contributed by atoms with Crippen LogP contribution < -0.4 is 5.73 Å². The molecule has 0 aliphatic heterocycles. The first kappa shape index (κ1) is 15.6. The summed E-state index contributed by atoms with van der Waals surface area (Å²) < 4.78 is 6.69. The lowest BCUT2D eigenvalue weighted by molar-refractivity contribution is 0.0564. The lowest BCUT2D eigenvalue weighted by Gasteiger charge is -2.28. The molecular weight excluding hydrogens is 292 g/mol. The van der Waals surface area contributed by atoms with Gasteiger partial charge in [0.15, 0.2) is 0 Å². The maximum Gasteiger partial charge on any atom is 0.0597 e. The minimum atomic E-state index is 0.219. The van der Waals surface area contributed by atoms with Crippen molar-refractivity contribution in [2.75, 3.05) is 26.7 Å². The molecule has 1 aromatic carbocycles. The molecule has 0 aliphatic carbocycles. The Labute approximate surface area is 118 Å². The van der Waals surface area contributed by atoms with Crippen molar-refractivity contribution in [1.29, 1.82) is 0 Å². The highest BCUT2D eigenvalue weighted by molar-refractivity contribution is 9.10. The summed E-state index contributed by atoms with van der Waals surface area (Å²) in [6.07, 6.45) is 0.276. The molecular formula is C14H23BrN2O. The van der Waals surface area contributed by atoms with Gasteiger partial charge in [0.05, 0.1) is 12.7 Å². The van der Waals surface area contributed by atoms with Crippen LogP contribution in [0.4, 0.5) is 0 Å². The monoisotopic (exact) mass is 314 g/mol. The molecule has 0 aromatic heterocycles.